The molecule has 0 aliphatic carbocycles. The molecule has 1 heterocycles. The summed E-state index contributed by atoms with van der Waals surface area (Å²) in [5, 5.41) is 4.18. The summed E-state index contributed by atoms with van der Waals surface area (Å²) < 4.78 is 0. The third-order valence-electron chi connectivity index (χ3n) is 5.04. The van der Waals surface area contributed by atoms with Crippen molar-refractivity contribution in [1.29, 1.82) is 0 Å². The fraction of sp³-hybridized carbons (Fsp3) is 0.130. The molecule has 1 aliphatic rings. The van der Waals surface area contributed by atoms with Gasteiger partial charge in [0.05, 0.1) is 5.69 Å². The number of nitrogens with one attached hydrogen (secondary N) is 1. The van der Waals surface area contributed by atoms with Crippen LogP contribution in [0.3, 0.4) is 0 Å². The monoisotopic (exact) mass is 458 g/mol. The molecule has 3 aromatic carbocycles. The lowest BCUT2D eigenvalue weighted by Crippen LogP contribution is -2.46. The second-order valence-corrected chi connectivity index (χ2v) is 8.72. The number of carbonyl (C=O) groups excluding carboxylic acids is 2. The molecule has 1 fully saturated rings. The van der Waals surface area contributed by atoms with Gasteiger partial charge < -0.3 is 5.32 Å². The van der Waals surface area contributed by atoms with Crippen LogP contribution in [-0.2, 0) is 11.2 Å². The number of halogens is 3. The highest BCUT2D eigenvalue weighted by Gasteiger charge is 2.48. The van der Waals surface area contributed by atoms with Crippen molar-refractivity contribution in [2.45, 2.75) is 18.9 Å². The molecule has 1 aliphatic heterocycles. The van der Waals surface area contributed by atoms with E-state index in [1.54, 1.807) is 13.0 Å². The number of amides is 3. The summed E-state index contributed by atoms with van der Waals surface area (Å²) in [6.07, 6.45) is 0.345. The zero-order chi connectivity index (χ0) is 21.5. The van der Waals surface area contributed by atoms with Crippen LogP contribution in [0, 0.1) is 0 Å². The zero-order valence-corrected chi connectivity index (χ0v) is 18.2. The highest BCUT2D eigenvalue weighted by Crippen LogP contribution is 2.32. The third kappa shape index (κ3) is 4.04. The summed E-state index contributed by atoms with van der Waals surface area (Å²) in [5.41, 5.74) is 2.21. The largest absolute Gasteiger partial charge is 0.329 e. The summed E-state index contributed by atoms with van der Waals surface area (Å²) >= 11 is 18.1. The predicted molar refractivity (Wildman–Crippen MR) is 121 cm³/mol. The molecule has 0 aromatic heterocycles. The van der Waals surface area contributed by atoms with Gasteiger partial charge in [-0.05, 0) is 53.9 Å². The molecule has 4 rings (SSSR count). The lowest BCUT2D eigenvalue weighted by atomic mass is 9.91. The van der Waals surface area contributed by atoms with Crippen LogP contribution in [0.15, 0.2) is 66.7 Å². The molecule has 1 saturated heterocycles. The first-order valence-corrected chi connectivity index (χ1v) is 10.4. The minimum absolute atomic E-state index is 0.343. The molecule has 30 heavy (non-hydrogen) atoms. The zero-order valence-electron chi connectivity index (χ0n) is 16.0. The molecule has 1 atom stereocenters. The van der Waals surface area contributed by atoms with E-state index in [1.807, 2.05) is 48.5 Å². The fourth-order valence-electron chi connectivity index (χ4n) is 3.60. The lowest BCUT2D eigenvalue weighted by molar-refractivity contribution is -0.121. The Balaban J connectivity index is 1.57. The second-order valence-electron chi connectivity index (χ2n) is 7.41. The number of anilines is 1. The highest BCUT2D eigenvalue weighted by molar-refractivity contribution is 6.35. The Morgan fingerprint density at radius 2 is 1.50 bits per heavy atom. The van der Waals surface area contributed by atoms with Gasteiger partial charge in [0.1, 0.15) is 5.54 Å². The smallest absolute Gasteiger partial charge is 0.323 e. The minimum Gasteiger partial charge on any atom is -0.323 e. The van der Waals surface area contributed by atoms with E-state index in [0.717, 1.165) is 21.6 Å². The summed E-state index contributed by atoms with van der Waals surface area (Å²) in [4.78, 5) is 26.8. The molecule has 0 radical (unpaired) electrons. The second kappa shape index (κ2) is 7.95. The Hall–Kier alpha value is -2.53. The Morgan fingerprint density at radius 3 is 2.13 bits per heavy atom. The van der Waals surface area contributed by atoms with Crippen LogP contribution in [0.5, 0.6) is 0 Å². The Labute approximate surface area is 189 Å². The summed E-state index contributed by atoms with van der Waals surface area (Å²) in [5.74, 6) is -0.357. The molecular weight excluding hydrogens is 443 g/mol. The standard InChI is InChI=1S/C23H17Cl3N2O2/c1-23(13-14-5-7-15(8-6-14)16-3-2-4-17(24)9-16)21(29)28(22(30)27-23)20-11-18(25)10-19(26)12-20/h2-12H,13H2,1H3,(H,27,30). The number of imide groups is 1. The number of benzene rings is 3. The molecule has 1 N–H and O–H groups in total. The first-order chi connectivity index (χ1) is 14.2. The number of nitrogens with zero attached hydrogens (tertiary/aromatic N) is 1. The van der Waals surface area contributed by atoms with Gasteiger partial charge in [0, 0.05) is 21.5 Å². The highest BCUT2D eigenvalue weighted by atomic mass is 35.5. The molecule has 3 amide bonds. The van der Waals surface area contributed by atoms with Crippen molar-refractivity contribution in [2.75, 3.05) is 4.90 Å². The van der Waals surface area contributed by atoms with E-state index in [1.165, 1.54) is 12.1 Å². The van der Waals surface area contributed by atoms with E-state index in [0.29, 0.717) is 27.2 Å². The first kappa shape index (κ1) is 20.7. The average Bonchev–Trinajstić information content (AvgIpc) is 2.89. The van der Waals surface area contributed by atoms with Crippen molar-refractivity contribution in [2.24, 2.45) is 0 Å². The van der Waals surface area contributed by atoms with Gasteiger partial charge in [-0.1, -0.05) is 71.2 Å². The van der Waals surface area contributed by atoms with Crippen molar-refractivity contribution in [1.82, 2.24) is 5.32 Å². The first-order valence-electron chi connectivity index (χ1n) is 9.23. The van der Waals surface area contributed by atoms with E-state index in [2.05, 4.69) is 5.32 Å². The number of hydrogen-bond acceptors (Lipinski definition) is 2. The molecule has 0 spiro atoms. The van der Waals surface area contributed by atoms with Crippen LogP contribution >= 0.6 is 34.8 Å². The van der Waals surface area contributed by atoms with Crippen molar-refractivity contribution in [3.8, 4) is 11.1 Å². The van der Waals surface area contributed by atoms with Crippen LogP contribution in [0.1, 0.15) is 12.5 Å². The Bertz CT molecular complexity index is 1130. The maximum Gasteiger partial charge on any atom is 0.329 e. The normalized spacial score (nSPS) is 18.6. The quantitative estimate of drug-likeness (QED) is 0.461. The maximum absolute atomic E-state index is 13.1. The van der Waals surface area contributed by atoms with Gasteiger partial charge in [-0.25, -0.2) is 9.69 Å². The molecule has 1 unspecified atom stereocenters. The lowest BCUT2D eigenvalue weighted by Gasteiger charge is -2.22. The molecule has 0 bridgehead atoms. The van der Waals surface area contributed by atoms with Crippen molar-refractivity contribution >= 4 is 52.4 Å². The van der Waals surface area contributed by atoms with E-state index in [4.69, 9.17) is 34.8 Å². The summed E-state index contributed by atoms with van der Waals surface area (Å²) in [6.45, 7) is 1.71. The van der Waals surface area contributed by atoms with E-state index in [-0.39, 0.29) is 5.91 Å². The van der Waals surface area contributed by atoms with Gasteiger partial charge in [-0.15, -0.1) is 0 Å². The van der Waals surface area contributed by atoms with Gasteiger partial charge in [-0.2, -0.15) is 0 Å². The topological polar surface area (TPSA) is 49.4 Å². The SMILES string of the molecule is CC1(Cc2ccc(-c3cccc(Cl)c3)cc2)NC(=O)N(c2cc(Cl)cc(Cl)c2)C1=O. The van der Waals surface area contributed by atoms with Crippen molar-refractivity contribution in [3.05, 3.63) is 87.4 Å². The van der Waals surface area contributed by atoms with Crippen LogP contribution < -0.4 is 10.2 Å². The van der Waals surface area contributed by atoms with Gasteiger partial charge in [-0.3, -0.25) is 4.79 Å². The van der Waals surface area contributed by atoms with Crippen LogP contribution in [0.25, 0.3) is 11.1 Å². The van der Waals surface area contributed by atoms with E-state index < -0.39 is 11.6 Å². The van der Waals surface area contributed by atoms with Crippen LogP contribution in [0.2, 0.25) is 15.1 Å². The molecule has 0 saturated carbocycles. The van der Waals surface area contributed by atoms with Gasteiger partial charge in [0.25, 0.3) is 5.91 Å². The number of urea groups is 1. The number of carbonyl (C=O) groups is 2. The van der Waals surface area contributed by atoms with Crippen LogP contribution in [0.4, 0.5) is 10.5 Å². The Kier molecular flexibility index (Phi) is 5.49. The number of rotatable bonds is 4. The summed E-state index contributed by atoms with van der Waals surface area (Å²) in [7, 11) is 0. The van der Waals surface area contributed by atoms with E-state index >= 15 is 0 Å². The molecule has 152 valence electrons. The predicted octanol–water partition coefficient (Wildman–Crippen LogP) is 6.37. The summed E-state index contributed by atoms with van der Waals surface area (Å²) in [6, 6.07) is 19.6. The molecular formula is C23H17Cl3N2O2. The van der Waals surface area contributed by atoms with Gasteiger partial charge in [0.15, 0.2) is 0 Å². The molecule has 7 heteroatoms. The minimum atomic E-state index is -1.08. The van der Waals surface area contributed by atoms with E-state index in [9.17, 15) is 9.59 Å². The Morgan fingerprint density at radius 1 is 0.833 bits per heavy atom. The van der Waals surface area contributed by atoms with Crippen molar-refractivity contribution in [3.63, 3.8) is 0 Å². The molecule has 4 nitrogen and oxygen atoms in total. The van der Waals surface area contributed by atoms with Gasteiger partial charge in [0.2, 0.25) is 0 Å². The average molecular weight is 460 g/mol. The van der Waals surface area contributed by atoms with Gasteiger partial charge >= 0.3 is 6.03 Å². The van der Waals surface area contributed by atoms with Crippen LogP contribution in [-0.4, -0.2) is 17.5 Å². The third-order valence-corrected chi connectivity index (χ3v) is 5.71. The fourth-order valence-corrected chi connectivity index (χ4v) is 4.30. The number of hydrogen-bond donors (Lipinski definition) is 1. The van der Waals surface area contributed by atoms with Crippen molar-refractivity contribution < 1.29 is 9.59 Å². The maximum atomic E-state index is 13.1. The molecule has 3 aromatic rings.